The second kappa shape index (κ2) is 4.53. The zero-order chi connectivity index (χ0) is 12.7. The second-order valence-corrected chi connectivity index (χ2v) is 5.87. The van der Waals surface area contributed by atoms with E-state index in [1.54, 1.807) is 0 Å². The number of carbonyl (C=O) groups excluding carboxylic acids is 2. The molecule has 0 spiro atoms. The second-order valence-electron chi connectivity index (χ2n) is 5.87. The first-order valence-corrected chi connectivity index (χ1v) is 6.95. The van der Waals surface area contributed by atoms with Crippen LogP contribution < -0.4 is 10.6 Å². The average molecular weight is 251 g/mol. The molecule has 3 rings (SSSR count). The number of likely N-dealkylation sites (N-methyl/N-ethyl adjacent to an activating group) is 1. The van der Waals surface area contributed by atoms with Crippen molar-refractivity contribution >= 4 is 11.8 Å². The Hall–Kier alpha value is -1.10. The van der Waals surface area contributed by atoms with Crippen molar-refractivity contribution in [2.45, 2.75) is 62.7 Å². The monoisotopic (exact) mass is 251 g/mol. The van der Waals surface area contributed by atoms with Crippen LogP contribution >= 0.6 is 0 Å². The summed E-state index contributed by atoms with van der Waals surface area (Å²) < 4.78 is 0. The maximum atomic E-state index is 12.3. The van der Waals surface area contributed by atoms with Gasteiger partial charge in [0, 0.05) is 31.6 Å². The molecule has 2 amide bonds. The lowest BCUT2D eigenvalue weighted by Gasteiger charge is -2.36. The minimum Gasteiger partial charge on any atom is -0.344 e. The van der Waals surface area contributed by atoms with Gasteiger partial charge in [-0.15, -0.1) is 0 Å². The van der Waals surface area contributed by atoms with E-state index >= 15 is 0 Å². The Morgan fingerprint density at radius 2 is 1.89 bits per heavy atom. The first-order chi connectivity index (χ1) is 8.63. The molecule has 18 heavy (non-hydrogen) atoms. The van der Waals surface area contributed by atoms with Crippen molar-refractivity contribution < 1.29 is 9.59 Å². The highest BCUT2D eigenvalue weighted by Gasteiger charge is 2.38. The van der Waals surface area contributed by atoms with E-state index in [1.165, 1.54) is 12.8 Å². The summed E-state index contributed by atoms with van der Waals surface area (Å²) in [5.41, 5.74) is 0. The minimum absolute atomic E-state index is 0.00660. The summed E-state index contributed by atoms with van der Waals surface area (Å²) in [7, 11) is 1.89. The molecule has 5 heteroatoms. The summed E-state index contributed by atoms with van der Waals surface area (Å²) in [4.78, 5) is 25.4. The van der Waals surface area contributed by atoms with Gasteiger partial charge in [0.2, 0.25) is 11.8 Å². The molecule has 3 aliphatic rings. The van der Waals surface area contributed by atoms with Crippen molar-refractivity contribution in [2.24, 2.45) is 0 Å². The molecular formula is C13H21N3O2. The lowest BCUT2D eigenvalue weighted by Crippen LogP contribution is -2.52. The molecule has 3 heterocycles. The molecule has 3 aliphatic heterocycles. The fraction of sp³-hybridized carbons (Fsp3) is 0.846. The van der Waals surface area contributed by atoms with Crippen LogP contribution in [0.3, 0.4) is 0 Å². The van der Waals surface area contributed by atoms with Gasteiger partial charge in [-0.05, 0) is 32.1 Å². The van der Waals surface area contributed by atoms with Gasteiger partial charge in [0.05, 0.1) is 0 Å². The number of amides is 2. The van der Waals surface area contributed by atoms with Gasteiger partial charge in [-0.25, -0.2) is 0 Å². The Balaban J connectivity index is 1.62. The lowest BCUT2D eigenvalue weighted by atomic mass is 9.98. The Morgan fingerprint density at radius 1 is 1.22 bits per heavy atom. The molecule has 0 aromatic rings. The van der Waals surface area contributed by atoms with Crippen molar-refractivity contribution in [1.29, 1.82) is 0 Å². The van der Waals surface area contributed by atoms with E-state index < -0.39 is 0 Å². The number of hydrogen-bond acceptors (Lipinski definition) is 3. The molecule has 0 saturated carbocycles. The Kier molecular flexibility index (Phi) is 3.01. The van der Waals surface area contributed by atoms with E-state index in [-0.39, 0.29) is 17.9 Å². The lowest BCUT2D eigenvalue weighted by molar-refractivity contribution is -0.135. The Morgan fingerprint density at radius 3 is 2.44 bits per heavy atom. The number of nitrogens with zero attached hydrogens (tertiary/aromatic N) is 1. The molecule has 2 unspecified atom stereocenters. The smallest absolute Gasteiger partial charge is 0.245 e. The molecule has 0 aromatic heterocycles. The van der Waals surface area contributed by atoms with E-state index in [0.29, 0.717) is 31.0 Å². The third kappa shape index (κ3) is 2.11. The van der Waals surface area contributed by atoms with Gasteiger partial charge in [0.15, 0.2) is 0 Å². The zero-order valence-electron chi connectivity index (χ0n) is 10.8. The van der Waals surface area contributed by atoms with Crippen LogP contribution in [0.4, 0.5) is 0 Å². The van der Waals surface area contributed by atoms with Crippen molar-refractivity contribution in [3.8, 4) is 0 Å². The average Bonchev–Trinajstić information content (AvgIpc) is 2.94. The van der Waals surface area contributed by atoms with Crippen molar-refractivity contribution in [1.82, 2.24) is 15.5 Å². The molecule has 0 radical (unpaired) electrons. The largest absolute Gasteiger partial charge is 0.344 e. The Bertz CT molecular complexity index is 359. The minimum atomic E-state index is -0.282. The summed E-state index contributed by atoms with van der Waals surface area (Å²) in [6.07, 6.45) is 5.73. The highest BCUT2D eigenvalue weighted by molar-refractivity contribution is 5.90. The van der Waals surface area contributed by atoms with Crippen molar-refractivity contribution in [2.75, 3.05) is 7.05 Å². The Labute approximate surface area is 107 Å². The van der Waals surface area contributed by atoms with E-state index in [2.05, 4.69) is 10.6 Å². The van der Waals surface area contributed by atoms with Crippen LogP contribution in [0.2, 0.25) is 0 Å². The number of nitrogens with one attached hydrogen (secondary N) is 2. The molecule has 100 valence electrons. The van der Waals surface area contributed by atoms with Gasteiger partial charge in [0.25, 0.3) is 0 Å². The first-order valence-electron chi connectivity index (χ1n) is 6.95. The maximum absolute atomic E-state index is 12.3. The van der Waals surface area contributed by atoms with E-state index in [9.17, 15) is 9.59 Å². The summed E-state index contributed by atoms with van der Waals surface area (Å²) in [5.74, 6) is 0.0966. The molecular weight excluding hydrogens is 230 g/mol. The first kappa shape index (κ1) is 12.0. The summed E-state index contributed by atoms with van der Waals surface area (Å²) >= 11 is 0. The van der Waals surface area contributed by atoms with Crippen LogP contribution in [-0.4, -0.2) is 47.9 Å². The van der Waals surface area contributed by atoms with Crippen LogP contribution in [0, 0.1) is 0 Å². The number of hydrogen-bond donors (Lipinski definition) is 2. The van der Waals surface area contributed by atoms with Crippen LogP contribution in [0.25, 0.3) is 0 Å². The quantitative estimate of drug-likeness (QED) is 0.726. The van der Waals surface area contributed by atoms with Crippen LogP contribution in [0.15, 0.2) is 0 Å². The number of fused-ring (bicyclic) bond motifs is 2. The van der Waals surface area contributed by atoms with Gasteiger partial charge < -0.3 is 15.5 Å². The van der Waals surface area contributed by atoms with Crippen LogP contribution in [0.1, 0.15) is 38.5 Å². The predicted octanol–water partition coefficient (Wildman–Crippen LogP) is 0.00640. The molecule has 3 atom stereocenters. The standard InChI is InChI=1S/C13H21N3O2/c1-16(13(18)11-4-5-12(17)15-11)10-6-8-2-3-9(7-10)14-8/h8-11,14H,2-7H2,1H3,(H,15,17)/t8?,9?,10?,11-/m0/s1. The van der Waals surface area contributed by atoms with Crippen LogP contribution in [-0.2, 0) is 9.59 Å². The van der Waals surface area contributed by atoms with Crippen LogP contribution in [0.5, 0.6) is 0 Å². The van der Waals surface area contributed by atoms with Gasteiger partial charge >= 0.3 is 0 Å². The topological polar surface area (TPSA) is 61.4 Å². The predicted molar refractivity (Wildman–Crippen MR) is 66.9 cm³/mol. The summed E-state index contributed by atoms with van der Waals surface area (Å²) in [5, 5.41) is 6.35. The molecule has 2 N–H and O–H groups in total. The molecule has 0 aliphatic carbocycles. The zero-order valence-corrected chi connectivity index (χ0v) is 10.8. The SMILES string of the molecule is CN(C(=O)[C@@H]1CCC(=O)N1)C1CC2CCC(C1)N2. The van der Waals surface area contributed by atoms with Gasteiger partial charge in [-0.3, -0.25) is 9.59 Å². The molecule has 3 saturated heterocycles. The summed E-state index contributed by atoms with van der Waals surface area (Å²) in [6.45, 7) is 0. The highest BCUT2D eigenvalue weighted by atomic mass is 16.2. The van der Waals surface area contributed by atoms with Crippen molar-refractivity contribution in [3.63, 3.8) is 0 Å². The van der Waals surface area contributed by atoms with Crippen molar-refractivity contribution in [3.05, 3.63) is 0 Å². The fourth-order valence-corrected chi connectivity index (χ4v) is 3.57. The fourth-order valence-electron chi connectivity index (χ4n) is 3.57. The van der Waals surface area contributed by atoms with E-state index in [4.69, 9.17) is 0 Å². The van der Waals surface area contributed by atoms with E-state index in [1.807, 2.05) is 11.9 Å². The van der Waals surface area contributed by atoms with Gasteiger partial charge in [0.1, 0.15) is 6.04 Å². The molecule has 5 nitrogen and oxygen atoms in total. The highest BCUT2D eigenvalue weighted by Crippen LogP contribution is 2.29. The molecule has 3 fully saturated rings. The third-order valence-electron chi connectivity index (χ3n) is 4.64. The third-order valence-corrected chi connectivity index (χ3v) is 4.64. The molecule has 0 aromatic carbocycles. The number of piperidine rings is 1. The van der Waals surface area contributed by atoms with E-state index in [0.717, 1.165) is 12.8 Å². The van der Waals surface area contributed by atoms with Gasteiger partial charge in [-0.2, -0.15) is 0 Å². The summed E-state index contributed by atoms with van der Waals surface area (Å²) in [6, 6.07) is 1.23. The number of carbonyl (C=O) groups is 2. The van der Waals surface area contributed by atoms with Gasteiger partial charge in [-0.1, -0.05) is 0 Å². The normalized spacial score (nSPS) is 38.6. The molecule has 2 bridgehead atoms. The number of rotatable bonds is 2. The maximum Gasteiger partial charge on any atom is 0.245 e.